The van der Waals surface area contributed by atoms with Gasteiger partial charge in [0.25, 0.3) is 5.91 Å². The van der Waals surface area contributed by atoms with E-state index >= 15 is 0 Å². The molecule has 144 valence electrons. The maximum absolute atomic E-state index is 12.8. The molecule has 0 aliphatic rings. The van der Waals surface area contributed by atoms with Gasteiger partial charge in [0.15, 0.2) is 0 Å². The molecular formula is C16H9F7N2O2. The van der Waals surface area contributed by atoms with Gasteiger partial charge in [0.2, 0.25) is 0 Å². The third-order valence-corrected chi connectivity index (χ3v) is 3.25. The van der Waals surface area contributed by atoms with Crippen molar-refractivity contribution in [1.82, 2.24) is 5.43 Å². The highest BCUT2D eigenvalue weighted by atomic mass is 19.4. The first-order valence-electron chi connectivity index (χ1n) is 7.00. The highest BCUT2D eigenvalue weighted by Gasteiger charge is 2.39. The number of hydrogen-bond acceptors (Lipinski definition) is 3. The fraction of sp³-hybridized carbons (Fsp3) is 0.125. The average Bonchev–Trinajstić information content (AvgIpc) is 2.54. The van der Waals surface area contributed by atoms with Gasteiger partial charge in [-0.1, -0.05) is 0 Å². The predicted octanol–water partition coefficient (Wildman–Crippen LogP) is 4.33. The minimum Gasteiger partial charge on any atom is -0.507 e. The lowest BCUT2D eigenvalue weighted by atomic mass is 10.0. The van der Waals surface area contributed by atoms with Crippen LogP contribution in [0.5, 0.6) is 5.75 Å². The first kappa shape index (κ1) is 20.2. The summed E-state index contributed by atoms with van der Waals surface area (Å²) in [6.07, 6.45) is -9.92. The van der Waals surface area contributed by atoms with Crippen LogP contribution in [0, 0.1) is 5.82 Å². The van der Waals surface area contributed by atoms with Crippen LogP contribution in [0.25, 0.3) is 0 Å². The van der Waals surface area contributed by atoms with E-state index in [9.17, 15) is 40.6 Å². The summed E-state index contributed by atoms with van der Waals surface area (Å²) in [5.41, 5.74) is -2.67. The summed E-state index contributed by atoms with van der Waals surface area (Å²) >= 11 is 0. The number of hydrogen-bond donors (Lipinski definition) is 2. The van der Waals surface area contributed by atoms with Crippen molar-refractivity contribution in [3.05, 3.63) is 64.5 Å². The Labute approximate surface area is 146 Å². The number of halogens is 7. The van der Waals surface area contributed by atoms with E-state index < -0.39 is 46.5 Å². The van der Waals surface area contributed by atoms with Crippen molar-refractivity contribution in [3.8, 4) is 5.75 Å². The minimum absolute atomic E-state index is 0.0576. The molecule has 27 heavy (non-hydrogen) atoms. The zero-order valence-corrected chi connectivity index (χ0v) is 13.0. The number of nitrogens with one attached hydrogen (secondary N) is 1. The van der Waals surface area contributed by atoms with E-state index in [4.69, 9.17) is 0 Å². The Morgan fingerprint density at radius 2 is 1.59 bits per heavy atom. The van der Waals surface area contributed by atoms with E-state index in [0.717, 1.165) is 24.3 Å². The number of rotatable bonds is 3. The molecule has 11 heteroatoms. The number of carbonyl (C=O) groups excluding carboxylic acids is 1. The Hall–Kier alpha value is -3.11. The van der Waals surface area contributed by atoms with E-state index in [0.29, 0.717) is 6.21 Å². The van der Waals surface area contributed by atoms with Crippen molar-refractivity contribution in [2.45, 2.75) is 12.4 Å². The molecule has 0 spiro atoms. The molecule has 1 amide bonds. The highest BCUT2D eigenvalue weighted by Crippen LogP contribution is 2.41. The second-order valence-corrected chi connectivity index (χ2v) is 5.16. The number of phenolic OH excluding ortho intramolecular Hbond substituents is 1. The van der Waals surface area contributed by atoms with Crippen LogP contribution in [-0.4, -0.2) is 17.2 Å². The van der Waals surface area contributed by atoms with Crippen LogP contribution in [0.4, 0.5) is 30.7 Å². The molecule has 0 heterocycles. The maximum atomic E-state index is 12.8. The van der Waals surface area contributed by atoms with Gasteiger partial charge in [-0.05, 0) is 36.4 Å². The molecule has 0 aromatic heterocycles. The molecule has 0 aliphatic heterocycles. The number of alkyl halides is 6. The zero-order chi connectivity index (χ0) is 20.4. The Morgan fingerprint density at radius 3 is 2.11 bits per heavy atom. The topological polar surface area (TPSA) is 61.7 Å². The van der Waals surface area contributed by atoms with E-state index in [1.54, 1.807) is 0 Å². The minimum atomic E-state index is -5.24. The van der Waals surface area contributed by atoms with Gasteiger partial charge in [0.05, 0.1) is 17.3 Å². The Kier molecular flexibility index (Phi) is 5.43. The van der Waals surface area contributed by atoms with E-state index in [2.05, 4.69) is 5.10 Å². The summed E-state index contributed by atoms with van der Waals surface area (Å²) in [6, 6.07) is 4.12. The fourth-order valence-corrected chi connectivity index (χ4v) is 1.96. The molecule has 2 aromatic rings. The van der Waals surface area contributed by atoms with E-state index in [1.807, 2.05) is 5.43 Å². The van der Waals surface area contributed by atoms with Gasteiger partial charge < -0.3 is 5.11 Å². The molecule has 2 N–H and O–H groups in total. The summed E-state index contributed by atoms with van der Waals surface area (Å²) in [6.45, 7) is 0. The summed E-state index contributed by atoms with van der Waals surface area (Å²) in [7, 11) is 0. The number of benzene rings is 2. The number of carbonyl (C=O) groups is 1. The SMILES string of the molecule is O=C(N/N=C/c1cc(C(F)(F)F)cc(C(F)(F)F)c1O)c1ccc(F)cc1. The van der Waals surface area contributed by atoms with E-state index in [-0.39, 0.29) is 17.7 Å². The lowest BCUT2D eigenvalue weighted by Crippen LogP contribution is -2.18. The first-order valence-corrected chi connectivity index (χ1v) is 7.00. The largest absolute Gasteiger partial charge is 0.507 e. The number of amides is 1. The molecule has 0 bridgehead atoms. The van der Waals surface area contributed by atoms with Crippen molar-refractivity contribution >= 4 is 12.1 Å². The van der Waals surface area contributed by atoms with Gasteiger partial charge in [0, 0.05) is 11.1 Å². The normalized spacial score (nSPS) is 12.4. The summed E-state index contributed by atoms with van der Waals surface area (Å²) in [5.74, 6) is -2.99. The molecule has 2 rings (SSSR count). The molecule has 0 radical (unpaired) electrons. The molecule has 0 saturated heterocycles. The van der Waals surface area contributed by atoms with Gasteiger partial charge >= 0.3 is 12.4 Å². The van der Waals surface area contributed by atoms with Crippen molar-refractivity contribution in [2.75, 3.05) is 0 Å². The molecule has 0 fully saturated rings. The van der Waals surface area contributed by atoms with Crippen molar-refractivity contribution in [2.24, 2.45) is 5.10 Å². The molecule has 0 saturated carbocycles. The standard InChI is InChI=1S/C16H9F7N2O2/c17-11-3-1-8(2-4-11)14(27)25-24-7-9-5-10(15(18,19)20)6-12(13(9)26)16(21,22)23/h1-7,26H,(H,25,27)/b24-7+. The monoisotopic (exact) mass is 394 g/mol. The lowest BCUT2D eigenvalue weighted by Gasteiger charge is -2.15. The maximum Gasteiger partial charge on any atom is 0.419 e. The third-order valence-electron chi connectivity index (χ3n) is 3.25. The Morgan fingerprint density at radius 1 is 1.00 bits per heavy atom. The van der Waals surface area contributed by atoms with Crippen molar-refractivity contribution in [1.29, 1.82) is 0 Å². The summed E-state index contributed by atoms with van der Waals surface area (Å²) in [4.78, 5) is 11.7. The Balaban J connectivity index is 2.32. The van der Waals surface area contributed by atoms with Crippen molar-refractivity contribution in [3.63, 3.8) is 0 Å². The Bertz CT molecular complexity index is 872. The zero-order valence-electron chi connectivity index (χ0n) is 13.0. The van der Waals surface area contributed by atoms with Crippen LogP contribution in [0.3, 0.4) is 0 Å². The van der Waals surface area contributed by atoms with Gasteiger partial charge in [0.1, 0.15) is 11.6 Å². The third kappa shape index (κ3) is 4.96. The number of phenols is 1. The quantitative estimate of drug-likeness (QED) is 0.463. The van der Waals surface area contributed by atoms with Gasteiger partial charge in [-0.2, -0.15) is 31.4 Å². The van der Waals surface area contributed by atoms with Crippen LogP contribution in [-0.2, 0) is 12.4 Å². The molecular weight excluding hydrogens is 385 g/mol. The fourth-order valence-electron chi connectivity index (χ4n) is 1.96. The second-order valence-electron chi connectivity index (χ2n) is 5.16. The summed E-state index contributed by atoms with van der Waals surface area (Å²) < 4.78 is 89.6. The molecule has 0 unspecified atom stereocenters. The number of aromatic hydroxyl groups is 1. The average molecular weight is 394 g/mol. The van der Waals surface area contributed by atoms with Crippen molar-refractivity contribution < 1.29 is 40.6 Å². The van der Waals surface area contributed by atoms with Crippen LogP contribution in [0.2, 0.25) is 0 Å². The smallest absolute Gasteiger partial charge is 0.419 e. The lowest BCUT2D eigenvalue weighted by molar-refractivity contribution is -0.143. The van der Waals surface area contributed by atoms with Crippen LogP contribution >= 0.6 is 0 Å². The van der Waals surface area contributed by atoms with Gasteiger partial charge in [-0.25, -0.2) is 9.82 Å². The molecule has 0 aliphatic carbocycles. The number of hydrazone groups is 1. The first-order chi connectivity index (χ1) is 12.4. The molecule has 4 nitrogen and oxygen atoms in total. The summed E-state index contributed by atoms with van der Waals surface area (Å²) in [5, 5.41) is 12.8. The van der Waals surface area contributed by atoms with Gasteiger partial charge in [-0.15, -0.1) is 0 Å². The van der Waals surface area contributed by atoms with Crippen LogP contribution in [0.1, 0.15) is 27.0 Å². The van der Waals surface area contributed by atoms with Crippen LogP contribution < -0.4 is 5.43 Å². The van der Waals surface area contributed by atoms with Crippen LogP contribution in [0.15, 0.2) is 41.5 Å². The molecule has 0 atom stereocenters. The van der Waals surface area contributed by atoms with E-state index in [1.165, 1.54) is 0 Å². The predicted molar refractivity (Wildman–Crippen MR) is 79.6 cm³/mol. The van der Waals surface area contributed by atoms with Gasteiger partial charge in [-0.3, -0.25) is 4.79 Å². The number of nitrogens with zero attached hydrogens (tertiary/aromatic N) is 1. The second kappa shape index (κ2) is 7.25. The molecule has 2 aromatic carbocycles. The highest BCUT2D eigenvalue weighted by molar-refractivity contribution is 5.95.